The Hall–Kier alpha value is -0.860. The van der Waals surface area contributed by atoms with Gasteiger partial charge in [0.15, 0.2) is 0 Å². The van der Waals surface area contributed by atoms with Crippen LogP contribution in [0.5, 0.6) is 0 Å². The van der Waals surface area contributed by atoms with Gasteiger partial charge in [-0.15, -0.1) is 0 Å². The number of nitrogens with zero attached hydrogens (tertiary/aromatic N) is 1. The second kappa shape index (κ2) is 7.42. The summed E-state index contributed by atoms with van der Waals surface area (Å²) in [5.41, 5.74) is 1.43. The minimum absolute atomic E-state index is 0.554. The number of hydrogen-bond acceptors (Lipinski definition) is 2. The van der Waals surface area contributed by atoms with Crippen molar-refractivity contribution in [2.75, 3.05) is 27.2 Å². The van der Waals surface area contributed by atoms with Gasteiger partial charge in [0.1, 0.15) is 0 Å². The third-order valence-corrected chi connectivity index (χ3v) is 3.04. The molecule has 0 spiro atoms. The highest BCUT2D eigenvalue weighted by Crippen LogP contribution is 2.22. The zero-order valence-corrected chi connectivity index (χ0v) is 10.7. The standard InChI is InChI=1S/C14H24N2/c1-4-14(13-9-6-5-7-10-13)16(3)12-8-11-15-2/h5-7,9-10,14-15H,4,8,11-12H2,1-3H3. The Morgan fingerprint density at radius 3 is 2.50 bits per heavy atom. The fourth-order valence-corrected chi connectivity index (χ4v) is 2.14. The average molecular weight is 220 g/mol. The van der Waals surface area contributed by atoms with Crippen molar-refractivity contribution >= 4 is 0 Å². The number of hydrogen-bond donors (Lipinski definition) is 1. The molecule has 2 nitrogen and oxygen atoms in total. The predicted octanol–water partition coefficient (Wildman–Crippen LogP) is 2.68. The highest BCUT2D eigenvalue weighted by atomic mass is 15.1. The lowest BCUT2D eigenvalue weighted by Crippen LogP contribution is -2.27. The van der Waals surface area contributed by atoms with Gasteiger partial charge in [-0.3, -0.25) is 4.90 Å². The van der Waals surface area contributed by atoms with Crippen molar-refractivity contribution in [2.24, 2.45) is 0 Å². The van der Waals surface area contributed by atoms with Crippen LogP contribution in [0.15, 0.2) is 30.3 Å². The summed E-state index contributed by atoms with van der Waals surface area (Å²) in [6, 6.07) is 11.3. The molecule has 0 heterocycles. The summed E-state index contributed by atoms with van der Waals surface area (Å²) in [6.45, 7) is 4.50. The lowest BCUT2D eigenvalue weighted by atomic mass is 10.0. The van der Waals surface area contributed by atoms with Crippen LogP contribution in [0.25, 0.3) is 0 Å². The first-order chi connectivity index (χ1) is 7.79. The molecule has 0 fully saturated rings. The van der Waals surface area contributed by atoms with Crippen LogP contribution in [-0.4, -0.2) is 32.1 Å². The predicted molar refractivity (Wildman–Crippen MR) is 70.6 cm³/mol. The first kappa shape index (κ1) is 13.2. The van der Waals surface area contributed by atoms with Gasteiger partial charge in [-0.2, -0.15) is 0 Å². The molecule has 0 bridgehead atoms. The van der Waals surface area contributed by atoms with E-state index in [2.05, 4.69) is 54.5 Å². The largest absolute Gasteiger partial charge is 0.320 e. The SMILES string of the molecule is CCC(c1ccccc1)N(C)CCCNC. The van der Waals surface area contributed by atoms with Crippen molar-refractivity contribution in [3.63, 3.8) is 0 Å². The second-order valence-electron chi connectivity index (χ2n) is 4.27. The van der Waals surface area contributed by atoms with Crippen LogP contribution in [-0.2, 0) is 0 Å². The van der Waals surface area contributed by atoms with Gasteiger partial charge >= 0.3 is 0 Å². The van der Waals surface area contributed by atoms with E-state index in [0.717, 1.165) is 13.1 Å². The molecule has 90 valence electrons. The van der Waals surface area contributed by atoms with Gasteiger partial charge in [0.25, 0.3) is 0 Å². The lowest BCUT2D eigenvalue weighted by molar-refractivity contribution is 0.236. The molecule has 0 saturated heterocycles. The monoisotopic (exact) mass is 220 g/mol. The van der Waals surface area contributed by atoms with E-state index < -0.39 is 0 Å². The number of rotatable bonds is 7. The van der Waals surface area contributed by atoms with Crippen molar-refractivity contribution in [2.45, 2.75) is 25.8 Å². The smallest absolute Gasteiger partial charge is 0.0342 e. The summed E-state index contributed by atoms with van der Waals surface area (Å²) in [7, 11) is 4.23. The molecule has 1 rings (SSSR count). The Kier molecular flexibility index (Phi) is 6.12. The first-order valence-electron chi connectivity index (χ1n) is 6.19. The average Bonchev–Trinajstić information content (AvgIpc) is 2.32. The summed E-state index contributed by atoms with van der Waals surface area (Å²) in [6.07, 6.45) is 2.37. The van der Waals surface area contributed by atoms with Gasteiger partial charge in [-0.1, -0.05) is 37.3 Å². The maximum atomic E-state index is 3.19. The third-order valence-electron chi connectivity index (χ3n) is 3.04. The van der Waals surface area contributed by atoms with E-state index in [4.69, 9.17) is 0 Å². The van der Waals surface area contributed by atoms with Crippen molar-refractivity contribution in [1.82, 2.24) is 10.2 Å². The van der Waals surface area contributed by atoms with Crippen LogP contribution >= 0.6 is 0 Å². The van der Waals surface area contributed by atoms with E-state index in [-0.39, 0.29) is 0 Å². The molecule has 0 aromatic heterocycles. The molecule has 0 aliphatic rings. The molecule has 1 unspecified atom stereocenters. The maximum Gasteiger partial charge on any atom is 0.0342 e. The Morgan fingerprint density at radius 1 is 1.25 bits per heavy atom. The first-order valence-corrected chi connectivity index (χ1v) is 6.19. The molecule has 1 aromatic rings. The van der Waals surface area contributed by atoms with Crippen LogP contribution in [0.2, 0.25) is 0 Å². The van der Waals surface area contributed by atoms with Gasteiger partial charge < -0.3 is 5.32 Å². The number of benzene rings is 1. The van der Waals surface area contributed by atoms with E-state index in [1.807, 2.05) is 7.05 Å². The molecule has 0 aliphatic heterocycles. The van der Waals surface area contributed by atoms with Crippen molar-refractivity contribution < 1.29 is 0 Å². The van der Waals surface area contributed by atoms with E-state index in [1.54, 1.807) is 0 Å². The van der Waals surface area contributed by atoms with Gasteiger partial charge in [0.05, 0.1) is 0 Å². The zero-order valence-electron chi connectivity index (χ0n) is 10.7. The Labute approximate surface area is 99.7 Å². The molecule has 0 saturated carbocycles. The summed E-state index contributed by atoms with van der Waals surface area (Å²) in [5, 5.41) is 3.19. The minimum atomic E-state index is 0.554. The van der Waals surface area contributed by atoms with Gasteiger partial charge in [0.2, 0.25) is 0 Å². The molecule has 0 aliphatic carbocycles. The summed E-state index contributed by atoms with van der Waals surface area (Å²) in [5.74, 6) is 0. The molecule has 1 aromatic carbocycles. The molecule has 2 heteroatoms. The highest BCUT2D eigenvalue weighted by molar-refractivity contribution is 5.18. The molecule has 0 radical (unpaired) electrons. The van der Waals surface area contributed by atoms with Gasteiger partial charge in [-0.25, -0.2) is 0 Å². The van der Waals surface area contributed by atoms with Crippen LogP contribution in [0.4, 0.5) is 0 Å². The summed E-state index contributed by atoms with van der Waals surface area (Å²) in [4.78, 5) is 2.45. The summed E-state index contributed by atoms with van der Waals surface area (Å²) >= 11 is 0. The molecule has 1 atom stereocenters. The molecular weight excluding hydrogens is 196 g/mol. The van der Waals surface area contributed by atoms with E-state index in [1.165, 1.54) is 18.4 Å². The fraction of sp³-hybridized carbons (Fsp3) is 0.571. The molecule has 16 heavy (non-hydrogen) atoms. The van der Waals surface area contributed by atoms with Crippen LogP contribution in [0, 0.1) is 0 Å². The van der Waals surface area contributed by atoms with Gasteiger partial charge in [-0.05, 0) is 45.6 Å². The summed E-state index contributed by atoms with van der Waals surface area (Å²) < 4.78 is 0. The zero-order chi connectivity index (χ0) is 11.8. The van der Waals surface area contributed by atoms with E-state index in [9.17, 15) is 0 Å². The Morgan fingerprint density at radius 2 is 1.94 bits per heavy atom. The Balaban J connectivity index is 2.53. The normalized spacial score (nSPS) is 13.0. The Bertz CT molecular complexity index is 271. The topological polar surface area (TPSA) is 15.3 Å². The van der Waals surface area contributed by atoms with E-state index >= 15 is 0 Å². The molecular formula is C14H24N2. The van der Waals surface area contributed by atoms with Crippen LogP contribution in [0.3, 0.4) is 0 Å². The quantitative estimate of drug-likeness (QED) is 0.711. The van der Waals surface area contributed by atoms with Crippen molar-refractivity contribution in [3.8, 4) is 0 Å². The van der Waals surface area contributed by atoms with Crippen molar-refractivity contribution in [3.05, 3.63) is 35.9 Å². The third kappa shape index (κ3) is 3.95. The molecule has 1 N–H and O–H groups in total. The van der Waals surface area contributed by atoms with Gasteiger partial charge in [0, 0.05) is 6.04 Å². The van der Waals surface area contributed by atoms with Crippen LogP contribution < -0.4 is 5.32 Å². The van der Waals surface area contributed by atoms with Crippen molar-refractivity contribution in [1.29, 1.82) is 0 Å². The second-order valence-corrected chi connectivity index (χ2v) is 4.27. The minimum Gasteiger partial charge on any atom is -0.320 e. The van der Waals surface area contributed by atoms with Crippen LogP contribution in [0.1, 0.15) is 31.4 Å². The van der Waals surface area contributed by atoms with E-state index in [0.29, 0.717) is 6.04 Å². The molecule has 0 amide bonds. The maximum absolute atomic E-state index is 3.19. The highest BCUT2D eigenvalue weighted by Gasteiger charge is 2.13. The fourth-order valence-electron chi connectivity index (χ4n) is 2.14. The number of nitrogens with one attached hydrogen (secondary N) is 1. The lowest BCUT2D eigenvalue weighted by Gasteiger charge is -2.27.